The number of aliphatic imine (C=N–C) groups is 1. The Labute approximate surface area is 181 Å². The van der Waals surface area contributed by atoms with Crippen molar-refractivity contribution >= 4 is 35.8 Å². The Morgan fingerprint density at radius 3 is 2.74 bits per heavy atom. The molecule has 2 fully saturated rings. The van der Waals surface area contributed by atoms with E-state index in [1.54, 1.807) is 0 Å². The number of nitrogens with zero attached hydrogens (tertiary/aromatic N) is 4. The van der Waals surface area contributed by atoms with Crippen molar-refractivity contribution < 1.29 is 0 Å². The standard InChI is InChI=1S/C20H34N6.HI/c1-4-21-20(22-14-16-8-7-11-19(23-16)25(2)3)24-17-12-13-26(15-17)18-9-5-6-10-18;/h7-8,11,17-18H,4-6,9-10,12-15H2,1-3H3,(H2,21,22,24);1H. The second-order valence-corrected chi connectivity index (χ2v) is 7.64. The van der Waals surface area contributed by atoms with Crippen LogP contribution in [0.5, 0.6) is 0 Å². The van der Waals surface area contributed by atoms with E-state index in [-0.39, 0.29) is 24.0 Å². The van der Waals surface area contributed by atoms with Gasteiger partial charge in [-0.25, -0.2) is 9.98 Å². The maximum atomic E-state index is 4.77. The lowest BCUT2D eigenvalue weighted by atomic mass is 10.2. The van der Waals surface area contributed by atoms with Crippen LogP contribution >= 0.6 is 24.0 Å². The number of guanidine groups is 1. The summed E-state index contributed by atoms with van der Waals surface area (Å²) < 4.78 is 0. The average molecular weight is 486 g/mol. The number of likely N-dealkylation sites (tertiary alicyclic amines) is 1. The Kier molecular flexibility index (Phi) is 9.08. The van der Waals surface area contributed by atoms with Crippen molar-refractivity contribution in [1.82, 2.24) is 20.5 Å². The first-order valence-electron chi connectivity index (χ1n) is 10.1. The van der Waals surface area contributed by atoms with Crippen molar-refractivity contribution in [3.8, 4) is 0 Å². The molecule has 27 heavy (non-hydrogen) atoms. The van der Waals surface area contributed by atoms with E-state index >= 15 is 0 Å². The van der Waals surface area contributed by atoms with Crippen LogP contribution in [0.1, 0.15) is 44.7 Å². The van der Waals surface area contributed by atoms with Gasteiger partial charge in [0.2, 0.25) is 0 Å². The zero-order valence-corrected chi connectivity index (χ0v) is 19.3. The summed E-state index contributed by atoms with van der Waals surface area (Å²) in [6.45, 7) is 5.94. The molecule has 1 aliphatic heterocycles. The van der Waals surface area contributed by atoms with Gasteiger partial charge in [0.15, 0.2) is 5.96 Å². The van der Waals surface area contributed by atoms with Crippen LogP contribution in [0.15, 0.2) is 23.2 Å². The number of hydrogen-bond donors (Lipinski definition) is 2. The highest BCUT2D eigenvalue weighted by Crippen LogP contribution is 2.26. The highest BCUT2D eigenvalue weighted by Gasteiger charge is 2.30. The summed E-state index contributed by atoms with van der Waals surface area (Å²) in [5.41, 5.74) is 0.993. The Balaban J connectivity index is 0.00000261. The Hall–Kier alpha value is -1.09. The van der Waals surface area contributed by atoms with Gasteiger partial charge in [0.25, 0.3) is 0 Å². The zero-order valence-electron chi connectivity index (χ0n) is 16.9. The molecule has 2 N–H and O–H groups in total. The topological polar surface area (TPSA) is 55.8 Å². The Bertz CT molecular complexity index is 600. The van der Waals surface area contributed by atoms with Crippen LogP contribution < -0.4 is 15.5 Å². The molecule has 1 saturated heterocycles. The molecular formula is C20H35IN6. The number of nitrogens with one attached hydrogen (secondary N) is 2. The number of anilines is 1. The van der Waals surface area contributed by atoms with E-state index in [4.69, 9.17) is 4.99 Å². The minimum atomic E-state index is 0. The van der Waals surface area contributed by atoms with Gasteiger partial charge in [-0.05, 0) is 38.3 Å². The minimum Gasteiger partial charge on any atom is -0.363 e. The average Bonchev–Trinajstić information content (AvgIpc) is 3.31. The molecule has 1 aliphatic carbocycles. The van der Waals surface area contributed by atoms with Crippen LogP contribution in [0.25, 0.3) is 0 Å². The summed E-state index contributed by atoms with van der Waals surface area (Å²) in [7, 11) is 4.02. The van der Waals surface area contributed by atoms with Gasteiger partial charge in [0.1, 0.15) is 5.82 Å². The fraction of sp³-hybridized carbons (Fsp3) is 0.700. The second kappa shape index (κ2) is 11.0. The molecule has 0 spiro atoms. The fourth-order valence-electron chi connectivity index (χ4n) is 3.98. The van der Waals surface area contributed by atoms with E-state index < -0.39 is 0 Å². The lowest BCUT2D eigenvalue weighted by Crippen LogP contribution is -2.45. The largest absolute Gasteiger partial charge is 0.363 e. The molecule has 6 nitrogen and oxygen atoms in total. The lowest BCUT2D eigenvalue weighted by Gasteiger charge is -2.24. The van der Waals surface area contributed by atoms with Crippen LogP contribution in [0.3, 0.4) is 0 Å². The van der Waals surface area contributed by atoms with Crippen LogP contribution in [-0.2, 0) is 6.54 Å². The molecular weight excluding hydrogens is 451 g/mol. The van der Waals surface area contributed by atoms with E-state index in [2.05, 4.69) is 27.4 Å². The van der Waals surface area contributed by atoms with Gasteiger partial charge in [0.05, 0.1) is 12.2 Å². The third-order valence-corrected chi connectivity index (χ3v) is 5.40. The number of pyridine rings is 1. The molecule has 2 heterocycles. The first-order chi connectivity index (χ1) is 12.7. The molecule has 152 valence electrons. The zero-order chi connectivity index (χ0) is 18.4. The minimum absolute atomic E-state index is 0. The number of aromatic nitrogens is 1. The molecule has 0 bridgehead atoms. The summed E-state index contributed by atoms with van der Waals surface area (Å²) in [4.78, 5) is 14.1. The second-order valence-electron chi connectivity index (χ2n) is 7.64. The highest BCUT2D eigenvalue weighted by atomic mass is 127. The van der Waals surface area contributed by atoms with Gasteiger partial charge in [-0.15, -0.1) is 24.0 Å². The number of hydrogen-bond acceptors (Lipinski definition) is 4. The smallest absolute Gasteiger partial charge is 0.191 e. The van der Waals surface area contributed by atoms with E-state index in [0.29, 0.717) is 12.6 Å². The molecule has 2 aliphatic rings. The SMILES string of the molecule is CCNC(=NCc1cccc(N(C)C)n1)NC1CCN(C2CCCC2)C1.I. The van der Waals surface area contributed by atoms with E-state index in [1.807, 2.05) is 37.2 Å². The normalized spacial score (nSPS) is 21.1. The molecule has 0 amide bonds. The maximum Gasteiger partial charge on any atom is 0.191 e. The van der Waals surface area contributed by atoms with Crippen molar-refractivity contribution in [3.63, 3.8) is 0 Å². The number of rotatable bonds is 6. The highest BCUT2D eigenvalue weighted by molar-refractivity contribution is 14.0. The lowest BCUT2D eigenvalue weighted by molar-refractivity contribution is 0.242. The predicted molar refractivity (Wildman–Crippen MR) is 124 cm³/mol. The van der Waals surface area contributed by atoms with Gasteiger partial charge in [-0.3, -0.25) is 4.90 Å². The van der Waals surface area contributed by atoms with Crippen LogP contribution in [0.2, 0.25) is 0 Å². The van der Waals surface area contributed by atoms with Gasteiger partial charge in [-0.2, -0.15) is 0 Å². The molecule has 1 aromatic heterocycles. The van der Waals surface area contributed by atoms with Gasteiger partial charge in [-0.1, -0.05) is 18.9 Å². The molecule has 0 aromatic carbocycles. The molecule has 3 rings (SSSR count). The molecule has 1 atom stereocenters. The van der Waals surface area contributed by atoms with E-state index in [0.717, 1.165) is 36.6 Å². The molecule has 1 aromatic rings. The molecule has 1 saturated carbocycles. The monoisotopic (exact) mass is 486 g/mol. The molecule has 1 unspecified atom stereocenters. The first kappa shape index (κ1) is 22.2. The summed E-state index contributed by atoms with van der Waals surface area (Å²) in [5, 5.41) is 7.02. The van der Waals surface area contributed by atoms with Crippen molar-refractivity contribution in [1.29, 1.82) is 0 Å². The molecule has 7 heteroatoms. The van der Waals surface area contributed by atoms with Crippen LogP contribution in [0, 0.1) is 0 Å². The van der Waals surface area contributed by atoms with Gasteiger partial charge in [0, 0.05) is 45.8 Å². The Morgan fingerprint density at radius 2 is 2.04 bits per heavy atom. The maximum absolute atomic E-state index is 4.77. The summed E-state index contributed by atoms with van der Waals surface area (Å²) >= 11 is 0. The van der Waals surface area contributed by atoms with Crippen LogP contribution in [-0.4, -0.2) is 61.7 Å². The summed E-state index contributed by atoms with van der Waals surface area (Å²) in [6.07, 6.45) is 6.78. The van der Waals surface area contributed by atoms with Crippen molar-refractivity contribution in [2.45, 2.75) is 57.7 Å². The first-order valence-corrected chi connectivity index (χ1v) is 10.1. The number of halogens is 1. The fourth-order valence-corrected chi connectivity index (χ4v) is 3.98. The van der Waals surface area contributed by atoms with Crippen molar-refractivity contribution in [3.05, 3.63) is 23.9 Å². The van der Waals surface area contributed by atoms with Crippen molar-refractivity contribution in [2.75, 3.05) is 38.6 Å². The third-order valence-electron chi connectivity index (χ3n) is 5.40. The van der Waals surface area contributed by atoms with Gasteiger partial charge >= 0.3 is 0 Å². The predicted octanol–water partition coefficient (Wildman–Crippen LogP) is 2.84. The van der Waals surface area contributed by atoms with E-state index in [1.165, 1.54) is 38.6 Å². The quantitative estimate of drug-likeness (QED) is 0.368. The van der Waals surface area contributed by atoms with Crippen LogP contribution in [0.4, 0.5) is 5.82 Å². The Morgan fingerprint density at radius 1 is 1.26 bits per heavy atom. The van der Waals surface area contributed by atoms with Crippen molar-refractivity contribution in [2.24, 2.45) is 4.99 Å². The summed E-state index contributed by atoms with van der Waals surface area (Å²) in [6, 6.07) is 7.42. The third kappa shape index (κ3) is 6.48. The van der Waals surface area contributed by atoms with E-state index in [9.17, 15) is 0 Å². The molecule has 0 radical (unpaired) electrons. The van der Waals surface area contributed by atoms with Gasteiger partial charge < -0.3 is 15.5 Å². The summed E-state index contributed by atoms with van der Waals surface area (Å²) in [5.74, 6) is 1.88.